The highest BCUT2D eigenvalue weighted by Crippen LogP contribution is 2.24. The van der Waals surface area contributed by atoms with Gasteiger partial charge in [-0.1, -0.05) is 44.4 Å². The largest absolute Gasteiger partial charge is 0.336 e. The molecule has 2 unspecified atom stereocenters. The van der Waals surface area contributed by atoms with Crippen LogP contribution in [0.4, 0.5) is 0 Å². The lowest BCUT2D eigenvalue weighted by molar-refractivity contribution is -0.174. The number of amides is 2. The normalized spacial score (nSPS) is 16.9. The van der Waals surface area contributed by atoms with E-state index in [2.05, 4.69) is 0 Å². The fourth-order valence-electron chi connectivity index (χ4n) is 2.01. The van der Waals surface area contributed by atoms with Gasteiger partial charge in [-0.15, -0.1) is 0 Å². The number of carbonyl (C=O) groups excluding carboxylic acids is 3. The highest BCUT2D eigenvalue weighted by Gasteiger charge is 2.39. The van der Waals surface area contributed by atoms with Crippen LogP contribution in [0.25, 0.3) is 0 Å². The minimum Gasteiger partial charge on any atom is -0.329 e. The summed E-state index contributed by atoms with van der Waals surface area (Å²) in [5.41, 5.74) is 0.531. The first kappa shape index (κ1) is 14.2. The molecule has 5 nitrogen and oxygen atoms in total. The minimum atomic E-state index is -0.588. The van der Waals surface area contributed by atoms with Gasteiger partial charge in [0, 0.05) is 0 Å². The second-order valence-electron chi connectivity index (χ2n) is 5.03. The number of imide groups is 1. The van der Waals surface area contributed by atoms with Crippen LogP contribution in [0, 0.1) is 11.8 Å². The van der Waals surface area contributed by atoms with Gasteiger partial charge in [0.15, 0.2) is 0 Å². The number of rotatable bonds is 4. The van der Waals surface area contributed by atoms with Gasteiger partial charge in [0.05, 0.1) is 17.0 Å². The second kappa shape index (κ2) is 5.45. The maximum absolute atomic E-state index is 12.0. The third-order valence-corrected chi connectivity index (χ3v) is 3.81. The summed E-state index contributed by atoms with van der Waals surface area (Å²) in [5.74, 6) is -1.98. The molecule has 0 spiro atoms. The van der Waals surface area contributed by atoms with Crippen molar-refractivity contribution in [2.45, 2.75) is 27.2 Å². The van der Waals surface area contributed by atoms with E-state index in [1.807, 2.05) is 13.8 Å². The summed E-state index contributed by atoms with van der Waals surface area (Å²) in [4.78, 5) is 41.0. The van der Waals surface area contributed by atoms with Gasteiger partial charge >= 0.3 is 5.97 Å². The average molecular weight is 275 g/mol. The smallest absolute Gasteiger partial charge is 0.329 e. The van der Waals surface area contributed by atoms with Crippen LogP contribution in [0.5, 0.6) is 0 Å². The van der Waals surface area contributed by atoms with Crippen molar-refractivity contribution in [2.24, 2.45) is 11.8 Å². The molecule has 1 aromatic rings. The Balaban J connectivity index is 2.15. The molecule has 0 aliphatic carbocycles. The summed E-state index contributed by atoms with van der Waals surface area (Å²) >= 11 is 0. The molecule has 2 amide bonds. The van der Waals surface area contributed by atoms with E-state index in [1.54, 1.807) is 31.2 Å². The number of fused-ring (bicyclic) bond motifs is 1. The maximum Gasteiger partial charge on any atom is 0.336 e. The molecular formula is C15H17NO4. The number of hydroxylamine groups is 2. The molecule has 1 aliphatic rings. The first-order valence-electron chi connectivity index (χ1n) is 6.67. The summed E-state index contributed by atoms with van der Waals surface area (Å²) in [6, 6.07) is 6.41. The van der Waals surface area contributed by atoms with Crippen molar-refractivity contribution in [1.29, 1.82) is 0 Å². The Hall–Kier alpha value is -2.17. The van der Waals surface area contributed by atoms with Crippen molar-refractivity contribution < 1.29 is 19.2 Å². The number of benzene rings is 1. The molecule has 106 valence electrons. The SMILES string of the molecule is CCC(C)C(C)C(=O)ON1C(=O)c2ccccc2C1=O. The zero-order chi connectivity index (χ0) is 14.9. The van der Waals surface area contributed by atoms with Crippen molar-refractivity contribution in [3.8, 4) is 0 Å². The molecule has 0 fully saturated rings. The van der Waals surface area contributed by atoms with E-state index >= 15 is 0 Å². The molecule has 0 saturated carbocycles. The molecule has 1 heterocycles. The summed E-state index contributed by atoms with van der Waals surface area (Å²) in [7, 11) is 0. The number of hydrogen-bond donors (Lipinski definition) is 0. The Kier molecular flexibility index (Phi) is 3.88. The Labute approximate surface area is 117 Å². The van der Waals surface area contributed by atoms with E-state index in [-0.39, 0.29) is 23.0 Å². The van der Waals surface area contributed by atoms with Crippen LogP contribution in [0.15, 0.2) is 24.3 Å². The fraction of sp³-hybridized carbons (Fsp3) is 0.400. The molecule has 0 bridgehead atoms. The van der Waals surface area contributed by atoms with Gasteiger partial charge < -0.3 is 4.84 Å². The molecule has 0 aromatic heterocycles. The minimum absolute atomic E-state index is 0.123. The lowest BCUT2D eigenvalue weighted by Gasteiger charge is -2.19. The van der Waals surface area contributed by atoms with Crippen LogP contribution >= 0.6 is 0 Å². The first-order valence-corrected chi connectivity index (χ1v) is 6.67. The number of nitrogens with zero attached hydrogens (tertiary/aromatic N) is 1. The van der Waals surface area contributed by atoms with Crippen LogP contribution in [-0.4, -0.2) is 22.8 Å². The third kappa shape index (κ3) is 2.31. The van der Waals surface area contributed by atoms with Crippen LogP contribution in [-0.2, 0) is 9.63 Å². The van der Waals surface area contributed by atoms with Gasteiger partial charge in [0.25, 0.3) is 11.8 Å². The van der Waals surface area contributed by atoms with Crippen molar-refractivity contribution in [1.82, 2.24) is 5.06 Å². The third-order valence-electron chi connectivity index (χ3n) is 3.81. The zero-order valence-electron chi connectivity index (χ0n) is 11.8. The quantitative estimate of drug-likeness (QED) is 0.792. The van der Waals surface area contributed by atoms with Crippen LogP contribution < -0.4 is 0 Å². The maximum atomic E-state index is 12.0. The molecule has 0 N–H and O–H groups in total. The Morgan fingerprint density at radius 3 is 2.10 bits per heavy atom. The summed E-state index contributed by atoms with van der Waals surface area (Å²) in [5, 5.41) is 0.561. The van der Waals surface area contributed by atoms with E-state index in [0.717, 1.165) is 6.42 Å². The molecule has 20 heavy (non-hydrogen) atoms. The lowest BCUT2D eigenvalue weighted by Crippen LogP contribution is -2.35. The summed E-state index contributed by atoms with van der Waals surface area (Å²) in [6.45, 7) is 5.62. The summed E-state index contributed by atoms with van der Waals surface area (Å²) < 4.78 is 0. The van der Waals surface area contributed by atoms with Gasteiger partial charge in [0.1, 0.15) is 0 Å². The number of hydrogen-bond acceptors (Lipinski definition) is 4. The van der Waals surface area contributed by atoms with Crippen molar-refractivity contribution in [3.05, 3.63) is 35.4 Å². The molecule has 0 radical (unpaired) electrons. The van der Waals surface area contributed by atoms with Gasteiger partial charge in [-0.3, -0.25) is 9.59 Å². The predicted octanol–water partition coefficient (Wildman–Crippen LogP) is 2.42. The Morgan fingerprint density at radius 2 is 1.65 bits per heavy atom. The Morgan fingerprint density at radius 1 is 1.15 bits per heavy atom. The molecule has 0 saturated heterocycles. The van der Waals surface area contributed by atoms with Crippen molar-refractivity contribution >= 4 is 17.8 Å². The van der Waals surface area contributed by atoms with Crippen molar-refractivity contribution in [2.75, 3.05) is 0 Å². The molecule has 1 aliphatic heterocycles. The Bertz CT molecular complexity index is 532. The molecular weight excluding hydrogens is 258 g/mol. The average Bonchev–Trinajstić information content (AvgIpc) is 2.71. The molecule has 2 rings (SSSR count). The van der Waals surface area contributed by atoms with E-state index in [4.69, 9.17) is 4.84 Å². The van der Waals surface area contributed by atoms with Gasteiger partial charge in [-0.25, -0.2) is 4.79 Å². The van der Waals surface area contributed by atoms with Crippen molar-refractivity contribution in [3.63, 3.8) is 0 Å². The van der Waals surface area contributed by atoms with Crippen LogP contribution in [0.2, 0.25) is 0 Å². The summed E-state index contributed by atoms with van der Waals surface area (Å²) in [6.07, 6.45) is 0.818. The van der Waals surface area contributed by atoms with E-state index in [1.165, 1.54) is 0 Å². The van der Waals surface area contributed by atoms with Gasteiger partial charge in [-0.2, -0.15) is 0 Å². The topological polar surface area (TPSA) is 63.7 Å². The molecule has 2 atom stereocenters. The standard InChI is InChI=1S/C15H17NO4/c1-4-9(2)10(3)15(19)20-16-13(17)11-7-5-6-8-12(11)14(16)18/h5-10H,4H2,1-3H3. The highest BCUT2D eigenvalue weighted by atomic mass is 16.7. The van der Waals surface area contributed by atoms with Crippen LogP contribution in [0.1, 0.15) is 47.9 Å². The predicted molar refractivity (Wildman–Crippen MR) is 71.7 cm³/mol. The highest BCUT2D eigenvalue weighted by molar-refractivity contribution is 6.20. The van der Waals surface area contributed by atoms with Crippen LogP contribution in [0.3, 0.4) is 0 Å². The fourth-order valence-corrected chi connectivity index (χ4v) is 2.01. The monoisotopic (exact) mass is 275 g/mol. The lowest BCUT2D eigenvalue weighted by atomic mass is 9.94. The molecule has 5 heteroatoms. The number of carbonyl (C=O) groups is 3. The van der Waals surface area contributed by atoms with Gasteiger partial charge in [-0.05, 0) is 18.1 Å². The molecule has 1 aromatic carbocycles. The second-order valence-corrected chi connectivity index (χ2v) is 5.03. The van der Waals surface area contributed by atoms with E-state index in [0.29, 0.717) is 5.06 Å². The zero-order valence-corrected chi connectivity index (χ0v) is 11.8. The van der Waals surface area contributed by atoms with E-state index < -0.39 is 17.8 Å². The van der Waals surface area contributed by atoms with Gasteiger partial charge in [0.2, 0.25) is 0 Å². The first-order chi connectivity index (χ1) is 9.47. The van der Waals surface area contributed by atoms with E-state index in [9.17, 15) is 14.4 Å².